The van der Waals surface area contributed by atoms with Crippen LogP contribution in [0.25, 0.3) is 16.9 Å². The van der Waals surface area contributed by atoms with Gasteiger partial charge in [0.15, 0.2) is 11.5 Å². The number of anilines is 1. The summed E-state index contributed by atoms with van der Waals surface area (Å²) >= 11 is 0. The number of nitriles is 1. The van der Waals surface area contributed by atoms with Gasteiger partial charge in [-0.05, 0) is 25.1 Å². The molecule has 4 aromatic rings. The first-order valence-electron chi connectivity index (χ1n) is 9.24. The van der Waals surface area contributed by atoms with Crippen LogP contribution in [0, 0.1) is 17.1 Å². The van der Waals surface area contributed by atoms with Crippen molar-refractivity contribution < 1.29 is 13.9 Å². The number of fused-ring (bicyclic) bond motifs is 7. The molecule has 1 aliphatic heterocycles. The number of nitrogen functional groups attached to an aromatic ring is 1. The van der Waals surface area contributed by atoms with Gasteiger partial charge in [0, 0.05) is 18.7 Å². The average molecular weight is 418 g/mol. The van der Waals surface area contributed by atoms with Gasteiger partial charge < -0.3 is 15.2 Å². The predicted octanol–water partition coefficient (Wildman–Crippen LogP) is 2.90. The van der Waals surface area contributed by atoms with E-state index < -0.39 is 11.9 Å². The van der Waals surface area contributed by atoms with Gasteiger partial charge in [0.2, 0.25) is 5.88 Å². The highest BCUT2D eigenvalue weighted by atomic mass is 19.1. The van der Waals surface area contributed by atoms with Crippen LogP contribution >= 0.6 is 0 Å². The Labute approximate surface area is 175 Å². The number of benzene rings is 1. The van der Waals surface area contributed by atoms with E-state index in [1.807, 2.05) is 0 Å². The zero-order valence-corrected chi connectivity index (χ0v) is 16.4. The second-order valence-electron chi connectivity index (χ2n) is 6.86. The topological polar surface area (TPSA) is 130 Å². The number of rotatable bonds is 0. The van der Waals surface area contributed by atoms with Crippen LogP contribution in [-0.2, 0) is 7.05 Å². The molecule has 154 valence electrons. The maximum absolute atomic E-state index is 14.1. The van der Waals surface area contributed by atoms with Crippen LogP contribution in [-0.4, -0.2) is 29.5 Å². The Hall–Kier alpha value is -4.46. The summed E-state index contributed by atoms with van der Waals surface area (Å²) in [6.07, 6.45) is 2.30. The fraction of sp³-hybridized carbons (Fsp3) is 0.150. The third-order valence-electron chi connectivity index (χ3n) is 4.90. The van der Waals surface area contributed by atoms with Crippen LogP contribution in [0.5, 0.6) is 17.6 Å². The lowest BCUT2D eigenvalue weighted by molar-refractivity contribution is 0.217. The van der Waals surface area contributed by atoms with E-state index in [4.69, 9.17) is 15.2 Å². The summed E-state index contributed by atoms with van der Waals surface area (Å²) in [5.41, 5.74) is 7.86. The predicted molar refractivity (Wildman–Crippen MR) is 106 cm³/mol. The van der Waals surface area contributed by atoms with Gasteiger partial charge in [-0.2, -0.15) is 10.4 Å². The minimum absolute atomic E-state index is 0.0418. The molecule has 0 radical (unpaired) electrons. The number of aryl methyl sites for hydroxylation is 1. The molecule has 3 aromatic heterocycles. The molecule has 5 rings (SSSR count). The maximum Gasteiger partial charge on any atom is 0.258 e. The van der Waals surface area contributed by atoms with Crippen LogP contribution in [0.15, 0.2) is 36.7 Å². The van der Waals surface area contributed by atoms with Crippen molar-refractivity contribution >= 4 is 5.82 Å². The van der Waals surface area contributed by atoms with E-state index in [-0.39, 0.29) is 23.3 Å². The maximum atomic E-state index is 14.1. The van der Waals surface area contributed by atoms with Crippen LogP contribution in [0.2, 0.25) is 0 Å². The zero-order chi connectivity index (χ0) is 21.7. The Balaban J connectivity index is 1.83. The zero-order valence-electron chi connectivity index (χ0n) is 16.4. The summed E-state index contributed by atoms with van der Waals surface area (Å²) in [5.74, 6) is 0.0982. The van der Waals surface area contributed by atoms with Crippen molar-refractivity contribution in [3.8, 4) is 40.7 Å². The minimum atomic E-state index is -0.655. The molecule has 0 aliphatic carbocycles. The second kappa shape index (κ2) is 6.81. The number of halogens is 1. The van der Waals surface area contributed by atoms with Crippen molar-refractivity contribution in [1.29, 1.82) is 5.26 Å². The monoisotopic (exact) mass is 418 g/mol. The highest BCUT2D eigenvalue weighted by Crippen LogP contribution is 2.38. The average Bonchev–Trinajstić information content (AvgIpc) is 3.32. The largest absolute Gasteiger partial charge is 0.467 e. The van der Waals surface area contributed by atoms with Gasteiger partial charge in [0.05, 0.1) is 18.1 Å². The second-order valence-corrected chi connectivity index (χ2v) is 6.86. The Morgan fingerprint density at radius 3 is 2.90 bits per heavy atom. The Bertz CT molecular complexity index is 1370. The molecule has 0 unspecified atom stereocenters. The third-order valence-corrected chi connectivity index (χ3v) is 4.90. The number of nitrogens with zero attached hydrogens (tertiary/aromatic N) is 7. The molecule has 1 aliphatic rings. The Kier molecular flexibility index (Phi) is 4.07. The van der Waals surface area contributed by atoms with E-state index in [1.165, 1.54) is 27.7 Å². The molecule has 2 N–H and O–H groups in total. The summed E-state index contributed by atoms with van der Waals surface area (Å²) < 4.78 is 29.0. The number of hydrogen-bond donors (Lipinski definition) is 1. The molecule has 11 heteroatoms. The SMILES string of the molecule is C[C@H]1Oc2nc(cnc2N)-c2c(nn(C)c2C#N)Oc2ccnn2-c2ccc(F)cc21. The Morgan fingerprint density at radius 1 is 1.26 bits per heavy atom. The van der Waals surface area contributed by atoms with Gasteiger partial charge in [0.25, 0.3) is 11.8 Å². The van der Waals surface area contributed by atoms with E-state index >= 15 is 0 Å². The normalized spacial score (nSPS) is 14.6. The molecule has 2 bridgehead atoms. The van der Waals surface area contributed by atoms with Crippen LogP contribution in [0.1, 0.15) is 24.3 Å². The molecule has 0 amide bonds. The van der Waals surface area contributed by atoms with E-state index in [0.29, 0.717) is 28.4 Å². The number of aromatic nitrogens is 6. The van der Waals surface area contributed by atoms with Crippen molar-refractivity contribution in [2.24, 2.45) is 7.05 Å². The van der Waals surface area contributed by atoms with Crippen molar-refractivity contribution in [3.05, 3.63) is 53.7 Å². The minimum Gasteiger partial charge on any atom is -0.467 e. The molecule has 1 aromatic carbocycles. The molecule has 0 saturated carbocycles. The third kappa shape index (κ3) is 2.93. The fourth-order valence-electron chi connectivity index (χ4n) is 3.44. The van der Waals surface area contributed by atoms with Gasteiger partial charge in [-0.1, -0.05) is 0 Å². The summed E-state index contributed by atoms with van der Waals surface area (Å²) in [4.78, 5) is 8.60. The van der Waals surface area contributed by atoms with Crippen LogP contribution in [0.3, 0.4) is 0 Å². The van der Waals surface area contributed by atoms with E-state index in [0.717, 1.165) is 0 Å². The van der Waals surface area contributed by atoms with Gasteiger partial charge in [-0.15, -0.1) is 5.10 Å². The molecule has 10 nitrogen and oxygen atoms in total. The smallest absolute Gasteiger partial charge is 0.258 e. The summed E-state index contributed by atoms with van der Waals surface area (Å²) in [6.45, 7) is 1.73. The van der Waals surface area contributed by atoms with E-state index in [1.54, 1.807) is 32.3 Å². The van der Waals surface area contributed by atoms with Crippen molar-refractivity contribution in [1.82, 2.24) is 29.5 Å². The molecular formula is C20H15FN8O2. The van der Waals surface area contributed by atoms with Crippen LogP contribution < -0.4 is 15.2 Å². The standard InChI is InChI=1S/C20H15FN8O2/c1-10-12-7-11(21)3-4-14(12)29-16(5-6-25-29)31-19-17(15(8-22)28(2)27-19)13-9-24-18(23)20(26-13)30-10/h3-7,9-10H,1-2H3,(H2,23,24)/t10-/m1/s1. The van der Waals surface area contributed by atoms with Crippen LogP contribution in [0.4, 0.5) is 10.2 Å². The molecule has 4 heterocycles. The first-order chi connectivity index (χ1) is 15.0. The first-order valence-corrected chi connectivity index (χ1v) is 9.24. The summed E-state index contributed by atoms with van der Waals surface area (Å²) in [7, 11) is 1.62. The van der Waals surface area contributed by atoms with Gasteiger partial charge in [-0.25, -0.2) is 19.0 Å². The fourth-order valence-corrected chi connectivity index (χ4v) is 3.44. The molecule has 0 spiro atoms. The lowest BCUT2D eigenvalue weighted by Crippen LogP contribution is -2.13. The van der Waals surface area contributed by atoms with Crippen molar-refractivity contribution in [2.45, 2.75) is 13.0 Å². The van der Waals surface area contributed by atoms with Crippen molar-refractivity contribution in [3.63, 3.8) is 0 Å². The lowest BCUT2D eigenvalue weighted by atomic mass is 10.1. The number of hydrogen-bond acceptors (Lipinski definition) is 8. The van der Waals surface area contributed by atoms with Gasteiger partial charge >= 0.3 is 0 Å². The molecule has 1 atom stereocenters. The molecule has 0 saturated heterocycles. The highest BCUT2D eigenvalue weighted by Gasteiger charge is 2.26. The number of ether oxygens (including phenoxy) is 2. The van der Waals surface area contributed by atoms with E-state index in [9.17, 15) is 9.65 Å². The summed E-state index contributed by atoms with van der Waals surface area (Å²) in [6, 6.07) is 7.98. The van der Waals surface area contributed by atoms with E-state index in [2.05, 4.69) is 26.2 Å². The first kappa shape index (κ1) is 18.6. The lowest BCUT2D eigenvalue weighted by Gasteiger charge is -2.20. The molecule has 0 fully saturated rings. The molecular weight excluding hydrogens is 403 g/mol. The highest BCUT2D eigenvalue weighted by molar-refractivity contribution is 5.72. The van der Waals surface area contributed by atoms with Gasteiger partial charge in [-0.3, -0.25) is 4.68 Å². The quantitative estimate of drug-likeness (QED) is 0.461. The number of nitrogens with two attached hydrogens (primary N) is 1. The summed E-state index contributed by atoms with van der Waals surface area (Å²) in [5, 5.41) is 18.3. The Morgan fingerprint density at radius 2 is 2.10 bits per heavy atom. The van der Waals surface area contributed by atoms with Gasteiger partial charge in [0.1, 0.15) is 29.2 Å². The van der Waals surface area contributed by atoms with Crippen molar-refractivity contribution in [2.75, 3.05) is 5.73 Å². The molecule has 31 heavy (non-hydrogen) atoms.